The Morgan fingerprint density at radius 2 is 2.05 bits per heavy atom. The Hall–Kier alpha value is -2.20. The average molecular weight is 305 g/mol. The molecule has 0 aliphatic carbocycles. The molecule has 0 radical (unpaired) electrons. The lowest BCUT2D eigenvalue weighted by atomic mass is 10.1. The highest BCUT2D eigenvalue weighted by Gasteiger charge is 2.07. The summed E-state index contributed by atoms with van der Waals surface area (Å²) in [4.78, 5) is 11.6. The van der Waals surface area contributed by atoms with Gasteiger partial charge in [0.1, 0.15) is 5.75 Å². The highest BCUT2D eigenvalue weighted by molar-refractivity contribution is 6.33. The first-order chi connectivity index (χ1) is 10.1. The fourth-order valence-corrected chi connectivity index (χ4v) is 2.11. The third kappa shape index (κ3) is 3.89. The van der Waals surface area contributed by atoms with E-state index in [-0.39, 0.29) is 5.91 Å². The summed E-state index contributed by atoms with van der Waals surface area (Å²) in [6, 6.07) is 12.9. The third-order valence-corrected chi connectivity index (χ3v) is 3.40. The Labute approximate surface area is 129 Å². The summed E-state index contributed by atoms with van der Waals surface area (Å²) in [5.74, 6) is 0.663. The average Bonchev–Trinajstić information content (AvgIpc) is 2.53. The van der Waals surface area contributed by atoms with Gasteiger partial charge in [-0.2, -0.15) is 0 Å². The minimum Gasteiger partial charge on any atom is -0.497 e. The summed E-state index contributed by atoms with van der Waals surface area (Å²) in [6.07, 6.45) is 0. The van der Waals surface area contributed by atoms with Crippen LogP contribution in [0.2, 0.25) is 5.02 Å². The molecule has 0 saturated heterocycles. The fraction of sp³-hybridized carbons (Fsp3) is 0.188. The van der Waals surface area contributed by atoms with Crippen molar-refractivity contribution in [2.24, 2.45) is 0 Å². The standard InChI is InChI=1S/C16H17ClN2O2/c1-18-16(20)12-6-7-14(17)15(9-12)19-10-11-4-3-5-13(8-11)21-2/h3-9,19H,10H2,1-2H3,(H,18,20). The quantitative estimate of drug-likeness (QED) is 0.891. The SMILES string of the molecule is CNC(=O)c1ccc(Cl)c(NCc2cccc(OC)c2)c1. The number of benzene rings is 2. The molecule has 2 rings (SSSR count). The number of ether oxygens (including phenoxy) is 1. The maximum atomic E-state index is 11.6. The number of amides is 1. The zero-order valence-electron chi connectivity index (χ0n) is 11.9. The molecule has 0 saturated carbocycles. The lowest BCUT2D eigenvalue weighted by molar-refractivity contribution is 0.0963. The molecule has 0 aliphatic rings. The highest BCUT2D eigenvalue weighted by Crippen LogP contribution is 2.24. The summed E-state index contributed by atoms with van der Waals surface area (Å²) < 4.78 is 5.19. The maximum Gasteiger partial charge on any atom is 0.251 e. The van der Waals surface area contributed by atoms with Crippen LogP contribution in [0.4, 0.5) is 5.69 Å². The molecule has 0 aromatic heterocycles. The molecule has 0 fully saturated rings. The van der Waals surface area contributed by atoms with E-state index in [0.717, 1.165) is 17.0 Å². The molecule has 0 atom stereocenters. The first-order valence-electron chi connectivity index (χ1n) is 6.52. The molecule has 2 aromatic rings. The molecule has 21 heavy (non-hydrogen) atoms. The van der Waals surface area contributed by atoms with Crippen LogP contribution in [-0.4, -0.2) is 20.1 Å². The van der Waals surface area contributed by atoms with Gasteiger partial charge in [-0.05, 0) is 35.9 Å². The predicted molar refractivity (Wildman–Crippen MR) is 85.2 cm³/mol. The Bertz CT molecular complexity index is 644. The van der Waals surface area contributed by atoms with Gasteiger partial charge in [0.25, 0.3) is 5.91 Å². The Balaban J connectivity index is 2.13. The molecule has 5 heteroatoms. The van der Waals surface area contributed by atoms with Crippen molar-refractivity contribution in [2.45, 2.75) is 6.54 Å². The monoisotopic (exact) mass is 304 g/mol. The van der Waals surface area contributed by atoms with E-state index in [9.17, 15) is 4.79 Å². The molecule has 4 nitrogen and oxygen atoms in total. The van der Waals surface area contributed by atoms with Gasteiger partial charge in [0.05, 0.1) is 17.8 Å². The van der Waals surface area contributed by atoms with Gasteiger partial charge < -0.3 is 15.4 Å². The van der Waals surface area contributed by atoms with Crippen molar-refractivity contribution in [3.05, 3.63) is 58.6 Å². The normalized spacial score (nSPS) is 10.0. The van der Waals surface area contributed by atoms with Gasteiger partial charge in [0.2, 0.25) is 0 Å². The van der Waals surface area contributed by atoms with Gasteiger partial charge in [0, 0.05) is 19.2 Å². The van der Waals surface area contributed by atoms with Crippen LogP contribution in [0.3, 0.4) is 0 Å². The minimum atomic E-state index is -0.143. The Kier molecular flexibility index (Phi) is 5.06. The Morgan fingerprint density at radius 1 is 1.24 bits per heavy atom. The van der Waals surface area contributed by atoms with Crippen molar-refractivity contribution in [1.82, 2.24) is 5.32 Å². The van der Waals surface area contributed by atoms with Crippen molar-refractivity contribution in [3.8, 4) is 5.75 Å². The zero-order chi connectivity index (χ0) is 15.2. The maximum absolute atomic E-state index is 11.6. The van der Waals surface area contributed by atoms with Crippen molar-refractivity contribution in [3.63, 3.8) is 0 Å². The number of anilines is 1. The van der Waals surface area contributed by atoms with E-state index >= 15 is 0 Å². The van der Waals surface area contributed by atoms with Crippen molar-refractivity contribution < 1.29 is 9.53 Å². The molecular weight excluding hydrogens is 288 g/mol. The van der Waals surface area contributed by atoms with E-state index in [0.29, 0.717) is 17.1 Å². The largest absolute Gasteiger partial charge is 0.497 e. The zero-order valence-corrected chi connectivity index (χ0v) is 12.7. The molecule has 2 N–H and O–H groups in total. The third-order valence-electron chi connectivity index (χ3n) is 3.07. The first kappa shape index (κ1) is 15.2. The van der Waals surface area contributed by atoms with Crippen LogP contribution in [0.5, 0.6) is 5.75 Å². The molecule has 0 heterocycles. The van der Waals surface area contributed by atoms with Crippen LogP contribution in [0.25, 0.3) is 0 Å². The lowest BCUT2D eigenvalue weighted by Crippen LogP contribution is -2.17. The van der Waals surface area contributed by atoms with Gasteiger partial charge in [-0.3, -0.25) is 4.79 Å². The molecule has 1 amide bonds. The van der Waals surface area contributed by atoms with Gasteiger partial charge >= 0.3 is 0 Å². The number of hydrogen-bond donors (Lipinski definition) is 2. The highest BCUT2D eigenvalue weighted by atomic mass is 35.5. The van der Waals surface area contributed by atoms with Crippen molar-refractivity contribution >= 4 is 23.2 Å². The topological polar surface area (TPSA) is 50.4 Å². The van der Waals surface area contributed by atoms with Gasteiger partial charge in [-0.25, -0.2) is 0 Å². The van der Waals surface area contributed by atoms with Gasteiger partial charge in [-0.1, -0.05) is 23.7 Å². The van der Waals surface area contributed by atoms with E-state index in [1.807, 2.05) is 24.3 Å². The number of carbonyl (C=O) groups excluding carboxylic acids is 1. The molecule has 2 aromatic carbocycles. The van der Waals surface area contributed by atoms with E-state index in [2.05, 4.69) is 10.6 Å². The molecule has 0 spiro atoms. The summed E-state index contributed by atoms with van der Waals surface area (Å²) in [5, 5.41) is 6.40. The van der Waals surface area contributed by atoms with Crippen molar-refractivity contribution in [1.29, 1.82) is 0 Å². The minimum absolute atomic E-state index is 0.143. The number of carbonyl (C=O) groups is 1. The van der Waals surface area contributed by atoms with Crippen LogP contribution in [0.15, 0.2) is 42.5 Å². The lowest BCUT2D eigenvalue weighted by Gasteiger charge is -2.11. The van der Waals surface area contributed by atoms with Crippen LogP contribution in [0.1, 0.15) is 15.9 Å². The van der Waals surface area contributed by atoms with Gasteiger partial charge in [0.15, 0.2) is 0 Å². The number of nitrogens with one attached hydrogen (secondary N) is 2. The summed E-state index contributed by atoms with van der Waals surface area (Å²) >= 11 is 6.15. The molecule has 0 bridgehead atoms. The second-order valence-electron chi connectivity index (χ2n) is 4.48. The molecular formula is C16H17ClN2O2. The van der Waals surface area contributed by atoms with Crippen LogP contribution < -0.4 is 15.4 Å². The smallest absolute Gasteiger partial charge is 0.251 e. The van der Waals surface area contributed by atoms with Crippen LogP contribution >= 0.6 is 11.6 Å². The number of hydrogen-bond acceptors (Lipinski definition) is 3. The fourth-order valence-electron chi connectivity index (χ4n) is 1.93. The van der Waals surface area contributed by atoms with E-state index in [4.69, 9.17) is 16.3 Å². The molecule has 110 valence electrons. The number of methoxy groups -OCH3 is 1. The number of rotatable bonds is 5. The predicted octanol–water partition coefficient (Wildman–Crippen LogP) is 3.32. The van der Waals surface area contributed by atoms with Crippen LogP contribution in [0, 0.1) is 0 Å². The Morgan fingerprint density at radius 3 is 2.76 bits per heavy atom. The van der Waals surface area contributed by atoms with Crippen molar-refractivity contribution in [2.75, 3.05) is 19.5 Å². The van der Waals surface area contributed by atoms with Crippen LogP contribution in [-0.2, 0) is 6.54 Å². The van der Waals surface area contributed by atoms with E-state index < -0.39 is 0 Å². The van der Waals surface area contributed by atoms with E-state index in [1.54, 1.807) is 32.4 Å². The second-order valence-corrected chi connectivity index (χ2v) is 4.89. The second kappa shape index (κ2) is 6.99. The summed E-state index contributed by atoms with van der Waals surface area (Å²) in [6.45, 7) is 0.591. The molecule has 0 unspecified atom stereocenters. The van der Waals surface area contributed by atoms with E-state index in [1.165, 1.54) is 0 Å². The summed E-state index contributed by atoms with van der Waals surface area (Å²) in [7, 11) is 3.23. The van der Waals surface area contributed by atoms with Gasteiger partial charge in [-0.15, -0.1) is 0 Å². The number of halogens is 1. The molecule has 0 aliphatic heterocycles. The summed E-state index contributed by atoms with van der Waals surface area (Å²) in [5.41, 5.74) is 2.35. The first-order valence-corrected chi connectivity index (χ1v) is 6.90.